The van der Waals surface area contributed by atoms with Crippen LogP contribution in [0.3, 0.4) is 0 Å². The zero-order valence-electron chi connectivity index (χ0n) is 20.2. The minimum atomic E-state index is -0.499. The standard InChI is InChI=1S/C29H32N2O4/c1-18(29-13-19-10-20(14-29)12-21(11-19)15-29)30-26(32)17-35-27(33)16-31-24-8-4-2-6-22(24)28(34)23-7-3-5-9-25(23)31/h2-9,18-21H,10-17H2,1H3,(H,30,32). The maximum Gasteiger partial charge on any atom is 0.326 e. The molecular weight excluding hydrogens is 440 g/mol. The Balaban J connectivity index is 1.13. The smallest absolute Gasteiger partial charge is 0.326 e. The number of ether oxygens (including phenoxy) is 1. The number of fused-ring (bicyclic) bond motifs is 2. The Labute approximate surface area is 204 Å². The summed E-state index contributed by atoms with van der Waals surface area (Å²) in [6, 6.07) is 14.6. The molecule has 1 atom stereocenters. The molecule has 1 aromatic heterocycles. The van der Waals surface area contributed by atoms with Crippen molar-refractivity contribution in [2.24, 2.45) is 23.2 Å². The van der Waals surface area contributed by atoms with Crippen molar-refractivity contribution in [1.82, 2.24) is 9.88 Å². The fourth-order valence-electron chi connectivity index (χ4n) is 7.71. The average Bonchev–Trinajstić information content (AvgIpc) is 2.84. The first-order valence-electron chi connectivity index (χ1n) is 12.9. The molecule has 1 N–H and O–H groups in total. The Hall–Kier alpha value is -3.15. The van der Waals surface area contributed by atoms with Crippen molar-refractivity contribution < 1.29 is 14.3 Å². The monoisotopic (exact) mass is 472 g/mol. The fourth-order valence-corrected chi connectivity index (χ4v) is 7.71. The molecule has 4 aliphatic rings. The zero-order chi connectivity index (χ0) is 24.2. The first-order valence-corrected chi connectivity index (χ1v) is 12.9. The Morgan fingerprint density at radius 2 is 1.46 bits per heavy atom. The van der Waals surface area contributed by atoms with Gasteiger partial charge in [-0.2, -0.15) is 0 Å². The van der Waals surface area contributed by atoms with Crippen molar-refractivity contribution in [2.45, 2.75) is 58.0 Å². The van der Waals surface area contributed by atoms with E-state index in [4.69, 9.17) is 4.74 Å². The topological polar surface area (TPSA) is 77.4 Å². The molecule has 6 nitrogen and oxygen atoms in total. The maximum absolute atomic E-state index is 12.9. The van der Waals surface area contributed by atoms with Crippen LogP contribution in [0.15, 0.2) is 53.3 Å². The third kappa shape index (κ3) is 3.93. The number of nitrogens with one attached hydrogen (secondary N) is 1. The lowest BCUT2D eigenvalue weighted by Gasteiger charge is -2.59. The van der Waals surface area contributed by atoms with Crippen LogP contribution >= 0.6 is 0 Å². The van der Waals surface area contributed by atoms with E-state index in [0.717, 1.165) is 17.8 Å². The van der Waals surface area contributed by atoms with Gasteiger partial charge in [-0.1, -0.05) is 24.3 Å². The summed E-state index contributed by atoms with van der Waals surface area (Å²) >= 11 is 0. The normalized spacial score (nSPS) is 27.7. The molecule has 7 rings (SSSR count). The Morgan fingerprint density at radius 3 is 2.00 bits per heavy atom. The molecule has 0 spiro atoms. The molecule has 4 aliphatic carbocycles. The minimum absolute atomic E-state index is 0.0566. The molecule has 2 aromatic carbocycles. The predicted octanol–water partition coefficient (Wildman–Crippen LogP) is 4.42. The van der Waals surface area contributed by atoms with E-state index >= 15 is 0 Å². The van der Waals surface area contributed by atoms with Gasteiger partial charge in [0.05, 0.1) is 11.0 Å². The summed E-state index contributed by atoms with van der Waals surface area (Å²) in [5, 5.41) is 4.27. The Bertz CT molecular complexity index is 1280. The van der Waals surface area contributed by atoms with Gasteiger partial charge in [-0.15, -0.1) is 0 Å². The van der Waals surface area contributed by atoms with Gasteiger partial charge in [0, 0.05) is 16.8 Å². The first kappa shape index (κ1) is 22.3. The zero-order valence-corrected chi connectivity index (χ0v) is 20.2. The lowest BCUT2D eigenvalue weighted by Crippen LogP contribution is -2.56. The van der Waals surface area contributed by atoms with Crippen LogP contribution in [0.2, 0.25) is 0 Å². The van der Waals surface area contributed by atoms with Gasteiger partial charge < -0.3 is 14.6 Å². The highest BCUT2D eigenvalue weighted by atomic mass is 16.5. The molecule has 35 heavy (non-hydrogen) atoms. The number of para-hydroxylation sites is 2. The van der Waals surface area contributed by atoms with Crippen molar-refractivity contribution in [3.05, 3.63) is 58.8 Å². The van der Waals surface area contributed by atoms with Crippen LogP contribution in [-0.4, -0.2) is 29.1 Å². The van der Waals surface area contributed by atoms with E-state index in [0.29, 0.717) is 21.8 Å². The van der Waals surface area contributed by atoms with E-state index in [1.807, 2.05) is 36.4 Å². The number of nitrogens with zero attached hydrogens (tertiary/aromatic N) is 1. The number of hydrogen-bond donors (Lipinski definition) is 1. The van der Waals surface area contributed by atoms with Crippen molar-refractivity contribution in [3.63, 3.8) is 0 Å². The van der Waals surface area contributed by atoms with E-state index in [1.54, 1.807) is 16.7 Å². The van der Waals surface area contributed by atoms with E-state index in [9.17, 15) is 14.4 Å². The van der Waals surface area contributed by atoms with E-state index in [1.165, 1.54) is 38.5 Å². The van der Waals surface area contributed by atoms with Gasteiger partial charge in [-0.25, -0.2) is 0 Å². The van der Waals surface area contributed by atoms with E-state index < -0.39 is 5.97 Å². The van der Waals surface area contributed by atoms with E-state index in [-0.39, 0.29) is 35.9 Å². The highest BCUT2D eigenvalue weighted by molar-refractivity contribution is 5.94. The van der Waals surface area contributed by atoms with Gasteiger partial charge in [-0.3, -0.25) is 14.4 Å². The van der Waals surface area contributed by atoms with Crippen molar-refractivity contribution in [1.29, 1.82) is 0 Å². The molecule has 0 radical (unpaired) electrons. The molecule has 0 saturated heterocycles. The van der Waals surface area contributed by atoms with Crippen molar-refractivity contribution >= 4 is 33.7 Å². The molecule has 1 amide bonds. The number of hydrogen-bond acceptors (Lipinski definition) is 4. The van der Waals surface area contributed by atoms with Gasteiger partial charge >= 0.3 is 5.97 Å². The summed E-state index contributed by atoms with van der Waals surface area (Å²) in [6.07, 6.45) is 7.75. The van der Waals surface area contributed by atoms with Crippen LogP contribution in [0.5, 0.6) is 0 Å². The summed E-state index contributed by atoms with van der Waals surface area (Å²) in [5.41, 5.74) is 1.50. The summed E-state index contributed by atoms with van der Waals surface area (Å²) in [6.45, 7) is 1.77. The second kappa shape index (κ2) is 8.51. The lowest BCUT2D eigenvalue weighted by molar-refractivity contribution is -0.150. The molecule has 4 bridgehead atoms. The number of carbonyl (C=O) groups is 2. The van der Waals surface area contributed by atoms with Crippen LogP contribution in [0, 0.1) is 23.2 Å². The number of amides is 1. The maximum atomic E-state index is 12.9. The molecule has 1 heterocycles. The first-order chi connectivity index (χ1) is 16.9. The molecule has 4 saturated carbocycles. The number of pyridine rings is 1. The van der Waals surface area contributed by atoms with Crippen LogP contribution < -0.4 is 10.7 Å². The second-order valence-electron chi connectivity index (χ2n) is 11.2. The van der Waals surface area contributed by atoms with Gasteiger partial charge in [0.15, 0.2) is 12.0 Å². The number of rotatable bonds is 6. The summed E-state index contributed by atoms with van der Waals surface area (Å²) < 4.78 is 7.20. The Kier molecular flexibility index (Phi) is 5.42. The van der Waals surface area contributed by atoms with Crippen LogP contribution in [-0.2, 0) is 20.9 Å². The number of esters is 1. The third-order valence-electron chi connectivity index (χ3n) is 8.91. The summed E-state index contributed by atoms with van der Waals surface area (Å²) in [7, 11) is 0. The third-order valence-corrected chi connectivity index (χ3v) is 8.91. The van der Waals surface area contributed by atoms with E-state index in [2.05, 4.69) is 12.2 Å². The highest BCUT2D eigenvalue weighted by Crippen LogP contribution is 2.61. The molecule has 3 aromatic rings. The van der Waals surface area contributed by atoms with Crippen molar-refractivity contribution in [3.8, 4) is 0 Å². The molecule has 1 unspecified atom stereocenters. The largest absolute Gasteiger partial charge is 0.454 e. The number of aromatic nitrogens is 1. The summed E-state index contributed by atoms with van der Waals surface area (Å²) in [5.74, 6) is 1.72. The SMILES string of the molecule is CC(NC(=O)COC(=O)Cn1c2ccccc2c(=O)c2ccccc21)C12CC3CC(CC(C3)C1)C2. The molecular formula is C29H32N2O4. The van der Waals surface area contributed by atoms with Crippen LogP contribution in [0.4, 0.5) is 0 Å². The predicted molar refractivity (Wildman–Crippen MR) is 135 cm³/mol. The number of benzene rings is 2. The van der Waals surface area contributed by atoms with Crippen molar-refractivity contribution in [2.75, 3.05) is 6.61 Å². The van der Waals surface area contributed by atoms with Crippen LogP contribution in [0.25, 0.3) is 21.8 Å². The number of carbonyl (C=O) groups excluding carboxylic acids is 2. The minimum Gasteiger partial charge on any atom is -0.454 e. The van der Waals surface area contributed by atoms with Gasteiger partial charge in [0.1, 0.15) is 6.54 Å². The molecule has 6 heteroatoms. The molecule has 182 valence electrons. The highest BCUT2D eigenvalue weighted by Gasteiger charge is 2.53. The lowest BCUT2D eigenvalue weighted by atomic mass is 9.48. The molecule has 4 fully saturated rings. The quantitative estimate of drug-likeness (QED) is 0.426. The average molecular weight is 473 g/mol. The summed E-state index contributed by atoms with van der Waals surface area (Å²) in [4.78, 5) is 38.4. The van der Waals surface area contributed by atoms with Gasteiger partial charge in [-0.05, 0) is 92.9 Å². The fraction of sp³-hybridized carbons (Fsp3) is 0.483. The van der Waals surface area contributed by atoms with Gasteiger partial charge in [0.25, 0.3) is 5.91 Å². The molecule has 0 aliphatic heterocycles. The van der Waals surface area contributed by atoms with Crippen LogP contribution in [0.1, 0.15) is 45.4 Å². The second-order valence-corrected chi connectivity index (χ2v) is 11.2. The van der Waals surface area contributed by atoms with Gasteiger partial charge in [0.2, 0.25) is 0 Å². The Morgan fingerprint density at radius 1 is 0.943 bits per heavy atom.